The SMILES string of the molecule is C=CCCc1cc(C(=C)CCCCN2CCC(C3=NCc4cc(F)ccc43)CC2)cc2c1N(C)CC2. The van der Waals surface area contributed by atoms with E-state index in [1.165, 1.54) is 52.1 Å². The van der Waals surface area contributed by atoms with Gasteiger partial charge in [0.15, 0.2) is 0 Å². The molecule has 0 aliphatic carbocycles. The van der Waals surface area contributed by atoms with Crippen LogP contribution in [0.2, 0.25) is 0 Å². The predicted octanol–water partition coefficient (Wildman–Crippen LogP) is 6.84. The Morgan fingerprint density at radius 2 is 1.94 bits per heavy atom. The second kappa shape index (κ2) is 11.1. The summed E-state index contributed by atoms with van der Waals surface area (Å²) in [6.07, 6.45) is 11.0. The number of benzene rings is 2. The molecule has 0 amide bonds. The van der Waals surface area contributed by atoms with Crippen LogP contribution in [0.5, 0.6) is 0 Å². The Labute approximate surface area is 216 Å². The van der Waals surface area contributed by atoms with Crippen molar-refractivity contribution in [2.24, 2.45) is 10.9 Å². The Kier molecular flexibility index (Phi) is 7.71. The number of piperidine rings is 1. The smallest absolute Gasteiger partial charge is 0.123 e. The highest BCUT2D eigenvalue weighted by Crippen LogP contribution is 2.35. The summed E-state index contributed by atoms with van der Waals surface area (Å²) in [5, 5.41) is 0. The molecule has 3 aliphatic rings. The number of aliphatic imine (C=N–C) groups is 1. The molecule has 1 fully saturated rings. The Bertz CT molecular complexity index is 1160. The lowest BCUT2D eigenvalue weighted by Gasteiger charge is -2.32. The highest BCUT2D eigenvalue weighted by molar-refractivity contribution is 6.05. The zero-order valence-corrected chi connectivity index (χ0v) is 21.9. The average molecular weight is 486 g/mol. The Morgan fingerprint density at radius 1 is 1.11 bits per heavy atom. The number of nitrogens with zero attached hydrogens (tertiary/aromatic N) is 3. The fourth-order valence-electron chi connectivity index (χ4n) is 6.29. The third kappa shape index (κ3) is 5.34. The maximum atomic E-state index is 13.5. The molecule has 190 valence electrons. The number of unbranched alkanes of at least 4 members (excludes halogenated alkanes) is 1. The number of rotatable bonds is 10. The molecule has 5 rings (SSSR count). The lowest BCUT2D eigenvalue weighted by atomic mass is 9.87. The summed E-state index contributed by atoms with van der Waals surface area (Å²) < 4.78 is 13.5. The average Bonchev–Trinajstić information content (AvgIpc) is 3.48. The molecule has 2 aromatic carbocycles. The number of anilines is 1. The van der Waals surface area contributed by atoms with Crippen LogP contribution in [0.15, 0.2) is 54.6 Å². The summed E-state index contributed by atoms with van der Waals surface area (Å²) in [7, 11) is 2.21. The van der Waals surface area contributed by atoms with Crippen molar-refractivity contribution in [3.05, 3.63) is 83.2 Å². The van der Waals surface area contributed by atoms with Crippen LogP contribution in [-0.2, 0) is 19.4 Å². The number of hydrogen-bond acceptors (Lipinski definition) is 3. The minimum Gasteiger partial charge on any atom is -0.374 e. The van der Waals surface area contributed by atoms with Gasteiger partial charge in [0, 0.05) is 36.5 Å². The molecule has 0 atom stereocenters. The van der Waals surface area contributed by atoms with E-state index in [0.29, 0.717) is 12.5 Å². The van der Waals surface area contributed by atoms with Gasteiger partial charge in [0.2, 0.25) is 0 Å². The molecule has 3 nitrogen and oxygen atoms in total. The number of fused-ring (bicyclic) bond motifs is 2. The number of aryl methyl sites for hydroxylation is 1. The molecule has 0 aromatic heterocycles. The molecule has 0 unspecified atom stereocenters. The molecule has 0 N–H and O–H groups in total. The number of likely N-dealkylation sites (N-methyl/N-ethyl adjacent to an activating group) is 1. The first-order valence-electron chi connectivity index (χ1n) is 13.7. The molecule has 4 heteroatoms. The van der Waals surface area contributed by atoms with Crippen LogP contribution < -0.4 is 4.90 Å². The third-order valence-corrected chi connectivity index (χ3v) is 8.33. The first-order chi connectivity index (χ1) is 17.5. The van der Waals surface area contributed by atoms with Gasteiger partial charge in [-0.3, -0.25) is 4.99 Å². The Balaban J connectivity index is 1.08. The third-order valence-electron chi connectivity index (χ3n) is 8.33. The molecule has 3 heterocycles. The van der Waals surface area contributed by atoms with E-state index in [-0.39, 0.29) is 5.82 Å². The van der Waals surface area contributed by atoms with Crippen LogP contribution in [0.1, 0.15) is 66.3 Å². The summed E-state index contributed by atoms with van der Waals surface area (Å²) in [5.41, 5.74) is 10.4. The Morgan fingerprint density at radius 3 is 2.75 bits per heavy atom. The molecular weight excluding hydrogens is 445 g/mol. The van der Waals surface area contributed by atoms with E-state index in [1.54, 1.807) is 12.1 Å². The second-order valence-electron chi connectivity index (χ2n) is 10.8. The van der Waals surface area contributed by atoms with Crippen molar-refractivity contribution in [1.82, 2.24) is 4.90 Å². The maximum Gasteiger partial charge on any atom is 0.123 e. The molecule has 36 heavy (non-hydrogen) atoms. The summed E-state index contributed by atoms with van der Waals surface area (Å²) in [6.45, 7) is 13.6. The van der Waals surface area contributed by atoms with Crippen LogP contribution >= 0.6 is 0 Å². The van der Waals surface area contributed by atoms with Gasteiger partial charge >= 0.3 is 0 Å². The van der Waals surface area contributed by atoms with Crippen molar-refractivity contribution < 1.29 is 4.39 Å². The molecule has 0 spiro atoms. The highest BCUT2D eigenvalue weighted by atomic mass is 19.1. The zero-order chi connectivity index (χ0) is 25.1. The van der Waals surface area contributed by atoms with E-state index in [1.807, 2.05) is 12.1 Å². The molecular formula is C32H40FN3. The Hall–Kier alpha value is -2.72. The minimum absolute atomic E-state index is 0.153. The van der Waals surface area contributed by atoms with Gasteiger partial charge in [-0.15, -0.1) is 6.58 Å². The molecule has 1 saturated heterocycles. The topological polar surface area (TPSA) is 18.8 Å². The lowest BCUT2D eigenvalue weighted by Crippen LogP contribution is -2.36. The molecule has 0 saturated carbocycles. The van der Waals surface area contributed by atoms with Gasteiger partial charge in [-0.25, -0.2) is 4.39 Å². The van der Waals surface area contributed by atoms with E-state index in [9.17, 15) is 4.39 Å². The van der Waals surface area contributed by atoms with Gasteiger partial charge in [-0.05, 0) is 129 Å². The summed E-state index contributed by atoms with van der Waals surface area (Å²) in [6, 6.07) is 9.93. The van der Waals surface area contributed by atoms with Crippen LogP contribution in [0.4, 0.5) is 10.1 Å². The van der Waals surface area contributed by atoms with Crippen molar-refractivity contribution in [2.75, 3.05) is 38.1 Å². The van der Waals surface area contributed by atoms with Crippen molar-refractivity contribution in [3.8, 4) is 0 Å². The van der Waals surface area contributed by atoms with Crippen molar-refractivity contribution in [3.63, 3.8) is 0 Å². The largest absolute Gasteiger partial charge is 0.374 e. The van der Waals surface area contributed by atoms with Gasteiger partial charge < -0.3 is 9.80 Å². The summed E-state index contributed by atoms with van der Waals surface area (Å²) >= 11 is 0. The normalized spacial score (nSPS) is 17.7. The van der Waals surface area contributed by atoms with Crippen LogP contribution in [0, 0.1) is 11.7 Å². The van der Waals surface area contributed by atoms with Crippen molar-refractivity contribution in [2.45, 2.75) is 57.9 Å². The van der Waals surface area contributed by atoms with Gasteiger partial charge in [0.05, 0.1) is 6.54 Å². The van der Waals surface area contributed by atoms with E-state index in [2.05, 4.69) is 42.1 Å². The summed E-state index contributed by atoms with van der Waals surface area (Å²) in [4.78, 5) is 9.79. The zero-order valence-electron chi connectivity index (χ0n) is 21.9. The predicted molar refractivity (Wildman–Crippen MR) is 151 cm³/mol. The van der Waals surface area contributed by atoms with E-state index >= 15 is 0 Å². The lowest BCUT2D eigenvalue weighted by molar-refractivity contribution is 0.206. The van der Waals surface area contributed by atoms with Crippen LogP contribution in [0.3, 0.4) is 0 Å². The standard InChI is InChI=1S/C32H40FN3/c1-4-5-9-25-19-27(20-26-12-16-35(3)32(25)26)23(2)8-6-7-15-36-17-13-24(14-18-36)31-30-11-10-29(33)21-28(30)22-34-31/h4,10-11,19-21,24H,1-2,5-9,12-18,22H2,3H3. The fraction of sp³-hybridized carbons (Fsp3) is 0.469. The van der Waals surface area contributed by atoms with Gasteiger partial charge in [-0.2, -0.15) is 0 Å². The quantitative estimate of drug-likeness (QED) is 0.271. The van der Waals surface area contributed by atoms with Gasteiger partial charge in [0.1, 0.15) is 5.82 Å². The second-order valence-corrected chi connectivity index (χ2v) is 10.8. The monoisotopic (exact) mass is 485 g/mol. The molecule has 2 aromatic rings. The maximum absolute atomic E-state index is 13.5. The van der Waals surface area contributed by atoms with Gasteiger partial charge in [0.25, 0.3) is 0 Å². The summed E-state index contributed by atoms with van der Waals surface area (Å²) in [5.74, 6) is 0.362. The van der Waals surface area contributed by atoms with E-state index < -0.39 is 0 Å². The van der Waals surface area contributed by atoms with Crippen molar-refractivity contribution >= 4 is 17.0 Å². The first kappa shape index (κ1) is 25.0. The number of likely N-dealkylation sites (tertiary alicyclic amines) is 1. The minimum atomic E-state index is -0.153. The van der Waals surface area contributed by atoms with Crippen LogP contribution in [-0.4, -0.2) is 43.8 Å². The number of halogens is 1. The molecule has 3 aliphatic heterocycles. The van der Waals surface area contributed by atoms with Crippen LogP contribution in [0.25, 0.3) is 5.57 Å². The van der Waals surface area contributed by atoms with E-state index in [4.69, 9.17) is 4.99 Å². The van der Waals surface area contributed by atoms with Gasteiger partial charge in [-0.1, -0.05) is 12.7 Å². The molecule has 0 radical (unpaired) electrons. The van der Waals surface area contributed by atoms with E-state index in [0.717, 1.165) is 70.3 Å². The first-order valence-corrected chi connectivity index (χ1v) is 13.7. The number of hydrogen-bond donors (Lipinski definition) is 0. The number of allylic oxidation sites excluding steroid dienone is 2. The molecule has 0 bridgehead atoms. The fourth-order valence-corrected chi connectivity index (χ4v) is 6.29. The highest BCUT2D eigenvalue weighted by Gasteiger charge is 2.28. The van der Waals surface area contributed by atoms with Crippen molar-refractivity contribution in [1.29, 1.82) is 0 Å².